The van der Waals surface area contributed by atoms with Crippen LogP contribution in [0.15, 0.2) is 24.4 Å². The third-order valence-corrected chi connectivity index (χ3v) is 6.81. The topological polar surface area (TPSA) is 53.2 Å². The van der Waals surface area contributed by atoms with Crippen LogP contribution in [0.5, 0.6) is 0 Å². The molecule has 0 aliphatic carbocycles. The monoisotopic (exact) mass is 334 g/mol. The van der Waals surface area contributed by atoms with Gasteiger partial charge in [-0.15, -0.1) is 0 Å². The largest absolute Gasteiger partial charge is 0.361 e. The Balaban J connectivity index is 1.79. The summed E-state index contributed by atoms with van der Waals surface area (Å²) in [7, 11) is -0.706. The number of nitrogens with zero attached hydrogens (tertiary/aromatic N) is 1. The summed E-state index contributed by atoms with van der Waals surface area (Å²) in [5.74, 6) is 0.457. The van der Waals surface area contributed by atoms with Gasteiger partial charge in [0, 0.05) is 28.9 Å². The molecule has 4 nitrogen and oxygen atoms in total. The molecule has 1 aromatic carbocycles. The van der Waals surface area contributed by atoms with Crippen molar-refractivity contribution < 1.29 is 8.42 Å². The molecule has 1 fully saturated rings. The van der Waals surface area contributed by atoms with Gasteiger partial charge in [-0.3, -0.25) is 0 Å². The van der Waals surface area contributed by atoms with Crippen LogP contribution in [0, 0.1) is 0 Å². The lowest BCUT2D eigenvalue weighted by Gasteiger charge is -2.18. The third kappa shape index (κ3) is 3.78. The van der Waals surface area contributed by atoms with Crippen molar-refractivity contribution in [2.24, 2.45) is 0 Å². The lowest BCUT2D eigenvalue weighted by molar-refractivity contribution is 0.310. The molecule has 0 amide bonds. The third-order valence-electron chi connectivity index (χ3n) is 5.10. The number of H-pyrrole nitrogens is 1. The predicted molar refractivity (Wildman–Crippen MR) is 95.7 cm³/mol. The van der Waals surface area contributed by atoms with Gasteiger partial charge in [0.15, 0.2) is 0 Å². The first kappa shape index (κ1) is 16.5. The van der Waals surface area contributed by atoms with Crippen molar-refractivity contribution in [3.05, 3.63) is 35.5 Å². The summed E-state index contributed by atoms with van der Waals surface area (Å²) in [6.07, 6.45) is 6.32. The standard InChI is InChI=1S/C18H26N2O2S/c1-3-23(21,22)10-8-14-6-7-18-17(11-14)15(13-19-18)12-16-5-4-9-20(16)2/h6-7,11,13,16,19H,3-5,8-10,12H2,1-2H3/t16-/m1/s1. The normalized spacial score (nSPS) is 19.7. The van der Waals surface area contributed by atoms with Crippen LogP contribution in [-0.4, -0.2) is 49.4 Å². The molecule has 126 valence electrons. The zero-order valence-electron chi connectivity index (χ0n) is 14.0. The van der Waals surface area contributed by atoms with Crippen molar-refractivity contribution in [2.45, 2.75) is 38.6 Å². The maximum Gasteiger partial charge on any atom is 0.150 e. The van der Waals surface area contributed by atoms with Gasteiger partial charge in [-0.05, 0) is 62.5 Å². The van der Waals surface area contributed by atoms with Crippen molar-refractivity contribution in [1.29, 1.82) is 0 Å². The van der Waals surface area contributed by atoms with E-state index in [1.165, 1.54) is 30.3 Å². The van der Waals surface area contributed by atoms with Crippen LogP contribution in [0.2, 0.25) is 0 Å². The second kappa shape index (κ2) is 6.65. The summed E-state index contributed by atoms with van der Waals surface area (Å²) in [5.41, 5.74) is 3.59. The fourth-order valence-electron chi connectivity index (χ4n) is 3.46. The summed E-state index contributed by atoms with van der Waals surface area (Å²) in [6, 6.07) is 6.90. The number of likely N-dealkylation sites (tertiary alicyclic amines) is 1. The first-order chi connectivity index (χ1) is 11.0. The highest BCUT2D eigenvalue weighted by molar-refractivity contribution is 7.91. The molecular formula is C18H26N2O2S. The van der Waals surface area contributed by atoms with Crippen LogP contribution >= 0.6 is 0 Å². The molecule has 1 saturated heterocycles. The van der Waals surface area contributed by atoms with Gasteiger partial charge in [-0.2, -0.15) is 0 Å². The van der Waals surface area contributed by atoms with Gasteiger partial charge in [0.25, 0.3) is 0 Å². The molecule has 23 heavy (non-hydrogen) atoms. The fraction of sp³-hybridized carbons (Fsp3) is 0.556. The number of aryl methyl sites for hydroxylation is 1. The van der Waals surface area contributed by atoms with E-state index in [1.807, 2.05) is 6.07 Å². The number of aromatic amines is 1. The van der Waals surface area contributed by atoms with E-state index in [4.69, 9.17) is 0 Å². The number of benzene rings is 1. The number of hydrogen-bond acceptors (Lipinski definition) is 3. The Morgan fingerprint density at radius 3 is 2.87 bits per heavy atom. The second-order valence-electron chi connectivity index (χ2n) is 6.66. The van der Waals surface area contributed by atoms with E-state index in [1.54, 1.807) is 6.92 Å². The van der Waals surface area contributed by atoms with Crippen molar-refractivity contribution in [2.75, 3.05) is 25.1 Å². The smallest absolute Gasteiger partial charge is 0.150 e. The van der Waals surface area contributed by atoms with Crippen LogP contribution in [0.3, 0.4) is 0 Å². The molecule has 1 aromatic heterocycles. The molecule has 1 atom stereocenters. The molecule has 5 heteroatoms. The average molecular weight is 334 g/mol. The second-order valence-corrected chi connectivity index (χ2v) is 9.13. The fourth-order valence-corrected chi connectivity index (χ4v) is 4.29. The number of fused-ring (bicyclic) bond motifs is 1. The zero-order valence-corrected chi connectivity index (χ0v) is 14.8. The van der Waals surface area contributed by atoms with E-state index in [-0.39, 0.29) is 11.5 Å². The Hall–Kier alpha value is -1.33. The SMILES string of the molecule is CCS(=O)(=O)CCc1ccc2[nH]cc(C[C@H]3CCCN3C)c2c1. The van der Waals surface area contributed by atoms with Crippen LogP contribution in [0.25, 0.3) is 10.9 Å². The predicted octanol–water partition coefficient (Wildman–Crippen LogP) is 2.78. The maximum atomic E-state index is 11.7. The minimum atomic E-state index is -2.91. The highest BCUT2D eigenvalue weighted by Gasteiger charge is 2.22. The highest BCUT2D eigenvalue weighted by atomic mass is 32.2. The summed E-state index contributed by atoms with van der Waals surface area (Å²) >= 11 is 0. The van der Waals surface area contributed by atoms with E-state index in [9.17, 15) is 8.42 Å². The number of likely N-dealkylation sites (N-methyl/N-ethyl adjacent to an activating group) is 1. The van der Waals surface area contributed by atoms with E-state index in [0.717, 1.165) is 17.5 Å². The number of sulfone groups is 1. The van der Waals surface area contributed by atoms with Gasteiger partial charge in [-0.1, -0.05) is 13.0 Å². The van der Waals surface area contributed by atoms with Crippen LogP contribution < -0.4 is 0 Å². The van der Waals surface area contributed by atoms with Gasteiger partial charge < -0.3 is 9.88 Å². The number of nitrogens with one attached hydrogen (secondary N) is 1. The number of aromatic nitrogens is 1. The van der Waals surface area contributed by atoms with Crippen LogP contribution in [0.4, 0.5) is 0 Å². The first-order valence-corrected chi connectivity index (χ1v) is 10.3. The average Bonchev–Trinajstić information content (AvgIpc) is 3.13. The summed E-state index contributed by atoms with van der Waals surface area (Å²) in [5, 5.41) is 1.25. The maximum absolute atomic E-state index is 11.7. The molecule has 0 bridgehead atoms. The van der Waals surface area contributed by atoms with Gasteiger partial charge >= 0.3 is 0 Å². The molecule has 0 saturated carbocycles. The van der Waals surface area contributed by atoms with Gasteiger partial charge in [-0.25, -0.2) is 8.42 Å². The molecule has 0 radical (unpaired) electrons. The van der Waals surface area contributed by atoms with E-state index < -0.39 is 9.84 Å². The number of hydrogen-bond donors (Lipinski definition) is 1. The Morgan fingerprint density at radius 2 is 2.17 bits per heavy atom. The van der Waals surface area contributed by atoms with Crippen LogP contribution in [0.1, 0.15) is 30.9 Å². The summed E-state index contributed by atoms with van der Waals surface area (Å²) < 4.78 is 23.4. The Kier molecular flexibility index (Phi) is 4.78. The molecular weight excluding hydrogens is 308 g/mol. The molecule has 1 aliphatic heterocycles. The molecule has 1 N–H and O–H groups in total. The Morgan fingerprint density at radius 1 is 1.35 bits per heavy atom. The first-order valence-electron chi connectivity index (χ1n) is 8.48. The molecule has 2 heterocycles. The molecule has 1 aliphatic rings. The number of rotatable bonds is 6. The van der Waals surface area contributed by atoms with Crippen LogP contribution in [-0.2, 0) is 22.7 Å². The van der Waals surface area contributed by atoms with Crippen molar-refractivity contribution >= 4 is 20.7 Å². The lowest BCUT2D eigenvalue weighted by Crippen LogP contribution is -2.26. The van der Waals surface area contributed by atoms with Crippen molar-refractivity contribution in [3.63, 3.8) is 0 Å². The molecule has 2 aromatic rings. The quantitative estimate of drug-likeness (QED) is 0.884. The van der Waals surface area contributed by atoms with Gasteiger partial charge in [0.2, 0.25) is 0 Å². The van der Waals surface area contributed by atoms with E-state index in [2.05, 4.69) is 35.3 Å². The van der Waals surface area contributed by atoms with Gasteiger partial charge in [0.1, 0.15) is 9.84 Å². The van der Waals surface area contributed by atoms with Crippen molar-refractivity contribution in [3.8, 4) is 0 Å². The molecule has 0 unspecified atom stereocenters. The Labute approximate surface area is 138 Å². The van der Waals surface area contributed by atoms with Gasteiger partial charge in [0.05, 0.1) is 5.75 Å². The Bertz CT molecular complexity index is 779. The summed E-state index contributed by atoms with van der Waals surface area (Å²) in [4.78, 5) is 5.79. The minimum Gasteiger partial charge on any atom is -0.361 e. The van der Waals surface area contributed by atoms with E-state index in [0.29, 0.717) is 12.5 Å². The minimum absolute atomic E-state index is 0.221. The highest BCUT2D eigenvalue weighted by Crippen LogP contribution is 2.25. The molecule has 0 spiro atoms. The van der Waals surface area contributed by atoms with Crippen molar-refractivity contribution in [1.82, 2.24) is 9.88 Å². The lowest BCUT2D eigenvalue weighted by atomic mass is 10.0. The summed E-state index contributed by atoms with van der Waals surface area (Å²) in [6.45, 7) is 2.90. The van der Waals surface area contributed by atoms with E-state index >= 15 is 0 Å². The molecule has 3 rings (SSSR count). The zero-order chi connectivity index (χ0) is 16.4.